The van der Waals surface area contributed by atoms with Gasteiger partial charge in [0.2, 0.25) is 5.91 Å². The third-order valence-corrected chi connectivity index (χ3v) is 3.02. The van der Waals surface area contributed by atoms with E-state index in [2.05, 4.69) is 10.6 Å². The number of ether oxygens (including phenoxy) is 1. The molecule has 122 valence electrons. The van der Waals surface area contributed by atoms with Crippen LogP contribution in [0.15, 0.2) is 24.3 Å². The van der Waals surface area contributed by atoms with E-state index in [0.29, 0.717) is 5.02 Å². The molecule has 6 heteroatoms. The Bertz CT molecular complexity index is 509. The van der Waals surface area contributed by atoms with Crippen LogP contribution in [0.4, 0.5) is 4.79 Å². The quantitative estimate of drug-likeness (QED) is 0.871. The van der Waals surface area contributed by atoms with E-state index in [1.807, 2.05) is 19.1 Å². The summed E-state index contributed by atoms with van der Waals surface area (Å²) in [5, 5.41) is 6.07. The molecule has 0 unspecified atom stereocenters. The lowest BCUT2D eigenvalue weighted by atomic mass is 10.1. The van der Waals surface area contributed by atoms with Crippen LogP contribution in [0.2, 0.25) is 5.02 Å². The zero-order valence-electron chi connectivity index (χ0n) is 13.4. The van der Waals surface area contributed by atoms with E-state index < -0.39 is 11.7 Å². The topological polar surface area (TPSA) is 67.4 Å². The van der Waals surface area contributed by atoms with Crippen LogP contribution in [0.25, 0.3) is 0 Å². The van der Waals surface area contributed by atoms with Crippen molar-refractivity contribution >= 4 is 23.6 Å². The van der Waals surface area contributed by atoms with Crippen LogP contribution in [0.1, 0.15) is 45.7 Å². The van der Waals surface area contributed by atoms with Crippen LogP contribution in [0.3, 0.4) is 0 Å². The molecule has 0 aliphatic rings. The van der Waals surface area contributed by atoms with Gasteiger partial charge in [0.1, 0.15) is 5.60 Å². The summed E-state index contributed by atoms with van der Waals surface area (Å²) in [6, 6.07) is 7.18. The summed E-state index contributed by atoms with van der Waals surface area (Å²) in [5.74, 6) is -0.140. The highest BCUT2D eigenvalue weighted by Crippen LogP contribution is 2.16. The predicted octanol–water partition coefficient (Wildman–Crippen LogP) is 3.43. The lowest BCUT2D eigenvalue weighted by molar-refractivity contribution is -0.121. The maximum atomic E-state index is 11.8. The van der Waals surface area contributed by atoms with Gasteiger partial charge in [-0.3, -0.25) is 4.79 Å². The molecule has 5 nitrogen and oxygen atoms in total. The number of halogens is 1. The van der Waals surface area contributed by atoms with Gasteiger partial charge in [-0.2, -0.15) is 0 Å². The first kappa shape index (κ1) is 18.3. The minimum atomic E-state index is -0.546. The fourth-order valence-corrected chi connectivity index (χ4v) is 1.87. The van der Waals surface area contributed by atoms with Crippen LogP contribution in [0, 0.1) is 0 Å². The summed E-state index contributed by atoms with van der Waals surface area (Å²) in [5.41, 5.74) is 0.424. The average molecular weight is 327 g/mol. The van der Waals surface area contributed by atoms with E-state index in [9.17, 15) is 9.59 Å². The molecule has 0 radical (unpaired) electrons. The van der Waals surface area contributed by atoms with Gasteiger partial charge in [-0.05, 0) is 45.4 Å². The minimum Gasteiger partial charge on any atom is -0.444 e. The molecule has 0 saturated carbocycles. The zero-order valence-corrected chi connectivity index (χ0v) is 14.2. The third kappa shape index (κ3) is 7.31. The van der Waals surface area contributed by atoms with E-state index in [1.165, 1.54) is 0 Å². The van der Waals surface area contributed by atoms with Crippen LogP contribution < -0.4 is 10.6 Å². The van der Waals surface area contributed by atoms with E-state index in [4.69, 9.17) is 16.3 Å². The summed E-state index contributed by atoms with van der Waals surface area (Å²) in [6.45, 7) is 7.48. The van der Waals surface area contributed by atoms with Gasteiger partial charge in [-0.15, -0.1) is 0 Å². The molecular formula is C16H23ClN2O3. The molecule has 2 amide bonds. The van der Waals surface area contributed by atoms with Gasteiger partial charge >= 0.3 is 6.09 Å². The summed E-state index contributed by atoms with van der Waals surface area (Å²) < 4.78 is 5.09. The van der Waals surface area contributed by atoms with Crippen molar-refractivity contribution in [3.63, 3.8) is 0 Å². The molecule has 0 heterocycles. The fourth-order valence-electron chi connectivity index (χ4n) is 1.74. The van der Waals surface area contributed by atoms with Crippen LogP contribution in [-0.4, -0.2) is 24.1 Å². The van der Waals surface area contributed by atoms with Crippen molar-refractivity contribution in [1.29, 1.82) is 0 Å². The van der Waals surface area contributed by atoms with Crippen molar-refractivity contribution in [2.75, 3.05) is 6.54 Å². The molecule has 0 aromatic heterocycles. The number of carbonyl (C=O) groups excluding carboxylic acids is 2. The fraction of sp³-hybridized carbons (Fsp3) is 0.500. The van der Waals surface area contributed by atoms with Gasteiger partial charge < -0.3 is 15.4 Å². The van der Waals surface area contributed by atoms with Crippen LogP contribution in [0.5, 0.6) is 0 Å². The number of carbonyl (C=O) groups is 2. The SMILES string of the molecule is C[C@@H](NC(=O)CCNC(=O)OC(C)(C)C)c1ccc(Cl)cc1. The molecular weight excluding hydrogens is 304 g/mol. The first-order valence-corrected chi connectivity index (χ1v) is 7.57. The molecule has 0 bridgehead atoms. The molecule has 1 rings (SSSR count). The van der Waals surface area contributed by atoms with Gasteiger partial charge in [-0.25, -0.2) is 4.79 Å². The van der Waals surface area contributed by atoms with Crippen molar-refractivity contribution in [3.05, 3.63) is 34.9 Å². The summed E-state index contributed by atoms with van der Waals surface area (Å²) in [6.07, 6.45) is -0.331. The second-order valence-corrected chi connectivity index (χ2v) is 6.46. The predicted molar refractivity (Wildman–Crippen MR) is 86.9 cm³/mol. The summed E-state index contributed by atoms with van der Waals surface area (Å²) >= 11 is 5.83. The molecule has 0 fully saturated rings. The summed E-state index contributed by atoms with van der Waals surface area (Å²) in [7, 11) is 0. The second-order valence-electron chi connectivity index (χ2n) is 6.02. The standard InChI is InChI=1S/C16H23ClN2O3/c1-11(12-5-7-13(17)8-6-12)19-14(20)9-10-18-15(21)22-16(2,3)4/h5-8,11H,9-10H2,1-4H3,(H,18,21)(H,19,20)/t11-/m1/s1. The first-order chi connectivity index (χ1) is 10.2. The lowest BCUT2D eigenvalue weighted by Crippen LogP contribution is -2.35. The highest BCUT2D eigenvalue weighted by molar-refractivity contribution is 6.30. The number of benzene rings is 1. The largest absolute Gasteiger partial charge is 0.444 e. The zero-order chi connectivity index (χ0) is 16.8. The Labute approximate surface area is 136 Å². The van der Waals surface area contributed by atoms with Gasteiger partial charge in [0.05, 0.1) is 6.04 Å². The van der Waals surface area contributed by atoms with Crippen molar-refractivity contribution in [3.8, 4) is 0 Å². The maximum absolute atomic E-state index is 11.8. The van der Waals surface area contributed by atoms with Crippen molar-refractivity contribution < 1.29 is 14.3 Å². The van der Waals surface area contributed by atoms with E-state index >= 15 is 0 Å². The number of amides is 2. The van der Waals surface area contributed by atoms with Crippen molar-refractivity contribution in [2.24, 2.45) is 0 Å². The van der Waals surface area contributed by atoms with E-state index in [0.717, 1.165) is 5.56 Å². The Morgan fingerprint density at radius 1 is 1.23 bits per heavy atom. The third-order valence-electron chi connectivity index (χ3n) is 2.77. The number of rotatable bonds is 5. The molecule has 2 N–H and O–H groups in total. The maximum Gasteiger partial charge on any atom is 0.407 e. The monoisotopic (exact) mass is 326 g/mol. The highest BCUT2D eigenvalue weighted by atomic mass is 35.5. The van der Waals surface area contributed by atoms with Gasteiger partial charge in [-0.1, -0.05) is 23.7 Å². The van der Waals surface area contributed by atoms with Gasteiger partial charge in [0, 0.05) is 18.0 Å². The molecule has 1 aromatic carbocycles. The molecule has 1 aromatic rings. The Balaban J connectivity index is 2.31. The van der Waals surface area contributed by atoms with Crippen molar-refractivity contribution in [2.45, 2.75) is 45.8 Å². The van der Waals surface area contributed by atoms with Gasteiger partial charge in [0.25, 0.3) is 0 Å². The first-order valence-electron chi connectivity index (χ1n) is 7.19. The summed E-state index contributed by atoms with van der Waals surface area (Å²) in [4.78, 5) is 23.3. The van der Waals surface area contributed by atoms with Gasteiger partial charge in [0.15, 0.2) is 0 Å². The second kappa shape index (κ2) is 8.03. The molecule has 0 aliphatic heterocycles. The highest BCUT2D eigenvalue weighted by Gasteiger charge is 2.16. The number of hydrogen-bond acceptors (Lipinski definition) is 3. The number of hydrogen-bond donors (Lipinski definition) is 2. The number of alkyl carbamates (subject to hydrolysis) is 1. The van der Waals surface area contributed by atoms with E-state index in [-0.39, 0.29) is 24.9 Å². The molecule has 0 spiro atoms. The molecule has 0 aliphatic carbocycles. The molecule has 0 saturated heterocycles. The number of nitrogens with one attached hydrogen (secondary N) is 2. The minimum absolute atomic E-state index is 0.119. The Kier molecular flexibility index (Phi) is 6.68. The van der Waals surface area contributed by atoms with Crippen molar-refractivity contribution in [1.82, 2.24) is 10.6 Å². The normalized spacial score (nSPS) is 12.4. The lowest BCUT2D eigenvalue weighted by Gasteiger charge is -2.19. The average Bonchev–Trinajstić information content (AvgIpc) is 2.37. The Morgan fingerprint density at radius 3 is 2.36 bits per heavy atom. The Morgan fingerprint density at radius 2 is 1.82 bits per heavy atom. The van der Waals surface area contributed by atoms with Crippen LogP contribution >= 0.6 is 11.6 Å². The smallest absolute Gasteiger partial charge is 0.407 e. The van der Waals surface area contributed by atoms with Crippen LogP contribution in [-0.2, 0) is 9.53 Å². The Hall–Kier alpha value is -1.75. The molecule has 1 atom stereocenters. The molecule has 22 heavy (non-hydrogen) atoms. The van der Waals surface area contributed by atoms with E-state index in [1.54, 1.807) is 32.9 Å².